The molecule has 0 radical (unpaired) electrons. The third-order valence-corrected chi connectivity index (χ3v) is 9.73. The molecule has 0 bridgehead atoms. The van der Waals surface area contributed by atoms with Crippen molar-refractivity contribution >= 4 is 43.6 Å². The number of benzene rings is 6. The number of hydrogen-bond acceptors (Lipinski definition) is 4. The SMILES string of the molecule is CNCCN(Cc1cc(C)cc(-n2c3ccccc3c3ccccc32)c1O)Cc1cc(C)cc(-n2c3ccccc3c3ccccc32)c1O. The molecular weight excluding hydrogens is 604 g/mol. The van der Waals surface area contributed by atoms with Gasteiger partial charge in [0.15, 0.2) is 0 Å². The molecule has 8 rings (SSSR count). The molecule has 0 saturated heterocycles. The van der Waals surface area contributed by atoms with Crippen LogP contribution in [-0.2, 0) is 13.1 Å². The predicted octanol–water partition coefficient (Wildman–Crippen LogP) is 9.13. The maximum Gasteiger partial charge on any atom is 0.144 e. The van der Waals surface area contributed by atoms with Crippen molar-refractivity contribution in [3.8, 4) is 22.9 Å². The lowest BCUT2D eigenvalue weighted by Crippen LogP contribution is -2.30. The summed E-state index contributed by atoms with van der Waals surface area (Å²) in [7, 11) is 1.95. The molecule has 244 valence electrons. The Morgan fingerprint density at radius 2 is 0.878 bits per heavy atom. The van der Waals surface area contributed by atoms with E-state index in [9.17, 15) is 10.2 Å². The number of rotatable bonds is 9. The van der Waals surface area contributed by atoms with Gasteiger partial charge in [-0.2, -0.15) is 0 Å². The molecular formula is C43H40N4O2. The molecule has 6 aromatic carbocycles. The average Bonchev–Trinajstić information content (AvgIpc) is 3.63. The summed E-state index contributed by atoms with van der Waals surface area (Å²) in [5.41, 5.74) is 9.63. The lowest BCUT2D eigenvalue weighted by molar-refractivity contribution is 0.251. The van der Waals surface area contributed by atoms with E-state index in [4.69, 9.17) is 0 Å². The van der Waals surface area contributed by atoms with Gasteiger partial charge in [-0.05, 0) is 68.4 Å². The van der Waals surface area contributed by atoms with Gasteiger partial charge < -0.3 is 24.7 Å². The first-order chi connectivity index (χ1) is 23.9. The quantitative estimate of drug-likeness (QED) is 0.147. The van der Waals surface area contributed by atoms with E-state index >= 15 is 0 Å². The summed E-state index contributed by atoms with van der Waals surface area (Å²) in [5, 5.41) is 31.9. The van der Waals surface area contributed by atoms with Crippen molar-refractivity contribution in [2.24, 2.45) is 0 Å². The predicted molar refractivity (Wildman–Crippen MR) is 202 cm³/mol. The highest BCUT2D eigenvalue weighted by atomic mass is 16.3. The second-order valence-electron chi connectivity index (χ2n) is 13.1. The maximum absolute atomic E-state index is 12.0. The minimum Gasteiger partial charge on any atom is -0.505 e. The summed E-state index contributed by atoms with van der Waals surface area (Å²) < 4.78 is 4.36. The number of aryl methyl sites for hydroxylation is 2. The lowest BCUT2D eigenvalue weighted by Gasteiger charge is -2.25. The highest BCUT2D eigenvalue weighted by Gasteiger charge is 2.21. The topological polar surface area (TPSA) is 65.6 Å². The summed E-state index contributed by atoms with van der Waals surface area (Å²) in [5.74, 6) is 0.539. The van der Waals surface area contributed by atoms with Crippen molar-refractivity contribution in [1.29, 1.82) is 0 Å². The fourth-order valence-electron chi connectivity index (χ4n) is 7.58. The van der Waals surface area contributed by atoms with Crippen molar-refractivity contribution in [3.63, 3.8) is 0 Å². The Labute approximate surface area is 286 Å². The van der Waals surface area contributed by atoms with E-state index in [1.54, 1.807) is 0 Å². The van der Waals surface area contributed by atoms with Crippen LogP contribution in [0.25, 0.3) is 55.0 Å². The molecule has 2 aromatic heterocycles. The van der Waals surface area contributed by atoms with Crippen LogP contribution < -0.4 is 5.32 Å². The Hall–Kier alpha value is -5.56. The molecule has 0 saturated carbocycles. The van der Waals surface area contributed by atoms with E-state index in [0.717, 1.165) is 90.3 Å². The molecule has 0 atom stereocenters. The molecule has 0 aliphatic rings. The van der Waals surface area contributed by atoms with Crippen molar-refractivity contribution in [2.45, 2.75) is 26.9 Å². The fourth-order valence-corrected chi connectivity index (χ4v) is 7.58. The minimum absolute atomic E-state index is 0.269. The van der Waals surface area contributed by atoms with Gasteiger partial charge in [-0.25, -0.2) is 0 Å². The summed E-state index contributed by atoms with van der Waals surface area (Å²) in [6.45, 7) is 6.69. The van der Waals surface area contributed by atoms with Gasteiger partial charge in [0, 0.05) is 58.9 Å². The number of likely N-dealkylation sites (N-methyl/N-ethyl adjacent to an activating group) is 1. The molecule has 6 heteroatoms. The van der Waals surface area contributed by atoms with Gasteiger partial charge >= 0.3 is 0 Å². The van der Waals surface area contributed by atoms with Crippen LogP contribution in [0.3, 0.4) is 0 Å². The number of para-hydroxylation sites is 4. The van der Waals surface area contributed by atoms with Gasteiger partial charge in [-0.1, -0.05) is 84.9 Å². The molecule has 0 fully saturated rings. The number of phenols is 2. The van der Waals surface area contributed by atoms with E-state index in [0.29, 0.717) is 13.1 Å². The van der Waals surface area contributed by atoms with Crippen LogP contribution >= 0.6 is 0 Å². The number of aromatic hydroxyl groups is 2. The van der Waals surface area contributed by atoms with E-state index in [-0.39, 0.29) is 11.5 Å². The van der Waals surface area contributed by atoms with Gasteiger partial charge in [0.25, 0.3) is 0 Å². The molecule has 6 nitrogen and oxygen atoms in total. The Bertz CT molecular complexity index is 2230. The third-order valence-electron chi connectivity index (χ3n) is 9.73. The van der Waals surface area contributed by atoms with Crippen molar-refractivity contribution in [3.05, 3.63) is 144 Å². The standard InChI is InChI=1S/C43H40N4O2/c1-28-22-30(42(48)40(24-28)46-36-16-8-4-12-32(36)33-13-5-9-17-37(33)46)26-45(21-20-44-3)27-31-23-29(2)25-41(43(31)49)47-38-18-10-6-14-34(38)35-15-7-11-19-39(35)47/h4-19,22-25,44,48-49H,20-21,26-27H2,1-3H3. The number of aromatic nitrogens is 2. The monoisotopic (exact) mass is 644 g/mol. The lowest BCUT2D eigenvalue weighted by atomic mass is 10.0. The Morgan fingerprint density at radius 3 is 1.22 bits per heavy atom. The molecule has 0 aliphatic carbocycles. The van der Waals surface area contributed by atoms with Gasteiger partial charge in [-0.15, -0.1) is 0 Å². The first kappa shape index (κ1) is 30.8. The largest absolute Gasteiger partial charge is 0.505 e. The zero-order valence-electron chi connectivity index (χ0n) is 28.1. The van der Waals surface area contributed by atoms with Gasteiger partial charge in [0.2, 0.25) is 0 Å². The molecule has 2 heterocycles. The van der Waals surface area contributed by atoms with Crippen molar-refractivity contribution in [1.82, 2.24) is 19.4 Å². The van der Waals surface area contributed by atoms with E-state index < -0.39 is 0 Å². The summed E-state index contributed by atoms with van der Waals surface area (Å²) in [4.78, 5) is 2.30. The molecule has 0 unspecified atom stereocenters. The van der Waals surface area contributed by atoms with Gasteiger partial charge in [-0.3, -0.25) is 4.90 Å². The first-order valence-electron chi connectivity index (χ1n) is 16.9. The zero-order valence-corrected chi connectivity index (χ0v) is 28.1. The average molecular weight is 645 g/mol. The Balaban J connectivity index is 1.21. The highest BCUT2D eigenvalue weighted by molar-refractivity contribution is 6.10. The third kappa shape index (κ3) is 5.30. The van der Waals surface area contributed by atoms with Gasteiger partial charge in [0.1, 0.15) is 11.5 Å². The summed E-state index contributed by atoms with van der Waals surface area (Å²) >= 11 is 0. The van der Waals surface area contributed by atoms with Crippen LogP contribution in [0.2, 0.25) is 0 Å². The highest BCUT2D eigenvalue weighted by Crippen LogP contribution is 2.39. The van der Waals surface area contributed by atoms with Crippen LogP contribution in [0.15, 0.2) is 121 Å². The second kappa shape index (κ2) is 12.5. The molecule has 8 aromatic rings. The molecule has 0 aliphatic heterocycles. The molecule has 3 N–H and O–H groups in total. The van der Waals surface area contributed by atoms with Crippen LogP contribution in [0.4, 0.5) is 0 Å². The smallest absolute Gasteiger partial charge is 0.144 e. The number of nitrogens with zero attached hydrogens (tertiary/aromatic N) is 3. The molecule has 0 spiro atoms. The van der Waals surface area contributed by atoms with E-state index in [1.165, 1.54) is 0 Å². The van der Waals surface area contributed by atoms with Crippen LogP contribution in [-0.4, -0.2) is 44.4 Å². The Morgan fingerprint density at radius 1 is 0.531 bits per heavy atom. The van der Waals surface area contributed by atoms with E-state index in [2.05, 4.69) is 130 Å². The Kier molecular flexibility index (Phi) is 7.83. The zero-order chi connectivity index (χ0) is 33.6. The minimum atomic E-state index is 0.269. The summed E-state index contributed by atoms with van der Waals surface area (Å²) in [6.07, 6.45) is 0. The van der Waals surface area contributed by atoms with Gasteiger partial charge in [0.05, 0.1) is 33.4 Å². The molecule has 0 amide bonds. The number of fused-ring (bicyclic) bond motifs is 6. The number of nitrogens with one attached hydrogen (secondary N) is 1. The maximum atomic E-state index is 12.0. The first-order valence-corrected chi connectivity index (χ1v) is 16.9. The normalized spacial score (nSPS) is 11.9. The fraction of sp³-hybridized carbons (Fsp3) is 0.163. The van der Waals surface area contributed by atoms with Crippen LogP contribution in [0.1, 0.15) is 22.3 Å². The summed E-state index contributed by atoms with van der Waals surface area (Å²) in [6, 6.07) is 41.8. The van der Waals surface area contributed by atoms with Crippen LogP contribution in [0.5, 0.6) is 11.5 Å². The second-order valence-corrected chi connectivity index (χ2v) is 13.1. The van der Waals surface area contributed by atoms with Crippen molar-refractivity contribution < 1.29 is 10.2 Å². The molecule has 49 heavy (non-hydrogen) atoms. The van der Waals surface area contributed by atoms with E-state index in [1.807, 2.05) is 31.3 Å². The number of hydrogen-bond donors (Lipinski definition) is 3. The van der Waals surface area contributed by atoms with Crippen molar-refractivity contribution in [2.75, 3.05) is 20.1 Å². The van der Waals surface area contributed by atoms with Crippen LogP contribution in [0, 0.1) is 13.8 Å². The number of phenolic OH excluding ortho intramolecular Hbond substituents is 2.